The lowest BCUT2D eigenvalue weighted by atomic mass is 9.84. The van der Waals surface area contributed by atoms with E-state index in [2.05, 4.69) is 45.0 Å². The number of nitrogens with zero attached hydrogens (tertiary/aromatic N) is 3. The fraction of sp³-hybridized carbons (Fsp3) is 0.824. The van der Waals surface area contributed by atoms with E-state index in [1.165, 1.54) is 51.7 Å². The summed E-state index contributed by atoms with van der Waals surface area (Å²) in [5, 5.41) is 3.80. The number of imidazole rings is 1. The number of hydrogen-bond acceptors (Lipinski definition) is 2. The number of hydrogen-bond donors (Lipinski definition) is 1. The molecule has 3 aliphatic heterocycles. The van der Waals surface area contributed by atoms with Crippen molar-refractivity contribution in [2.45, 2.75) is 58.2 Å². The number of aromatic nitrogens is 2. The molecule has 3 saturated heterocycles. The molecule has 0 amide bonds. The second-order valence-corrected chi connectivity index (χ2v) is 6.80. The first-order valence-electron chi connectivity index (χ1n) is 8.85. The molecule has 0 unspecified atom stereocenters. The molecule has 0 saturated carbocycles. The Bertz CT molecular complexity index is 420. The summed E-state index contributed by atoms with van der Waals surface area (Å²) < 4.78 is 4.64. The Morgan fingerprint density at radius 2 is 2.10 bits per heavy atom. The molecule has 1 N–H and O–H groups in total. The maximum absolute atomic E-state index is 3.80. The van der Waals surface area contributed by atoms with Crippen LogP contribution in [-0.2, 0) is 13.1 Å². The first-order valence-corrected chi connectivity index (χ1v) is 8.85. The van der Waals surface area contributed by atoms with Crippen LogP contribution in [0.5, 0.6) is 0 Å². The lowest BCUT2D eigenvalue weighted by Crippen LogP contribution is -2.56. The molecular weight excluding hydrogens is 260 g/mol. The topological polar surface area (TPSA) is 24.1 Å². The third-order valence-corrected chi connectivity index (χ3v) is 5.17. The van der Waals surface area contributed by atoms with E-state index in [0.29, 0.717) is 0 Å². The van der Waals surface area contributed by atoms with Crippen LogP contribution in [0.25, 0.3) is 0 Å². The summed E-state index contributed by atoms with van der Waals surface area (Å²) in [4.78, 5) is 2.63. The molecule has 0 radical (unpaired) electrons. The van der Waals surface area contributed by atoms with Gasteiger partial charge in [0.15, 0.2) is 0 Å². The summed E-state index contributed by atoms with van der Waals surface area (Å²) in [6.45, 7) is 9.65. The number of aryl methyl sites for hydroxylation is 2. The molecule has 21 heavy (non-hydrogen) atoms. The Labute approximate surface area is 129 Å². The van der Waals surface area contributed by atoms with Gasteiger partial charge in [0.2, 0.25) is 6.33 Å². The van der Waals surface area contributed by atoms with Gasteiger partial charge in [-0.1, -0.05) is 13.3 Å². The van der Waals surface area contributed by atoms with Crippen LogP contribution in [0.2, 0.25) is 0 Å². The van der Waals surface area contributed by atoms with Crippen molar-refractivity contribution in [3.8, 4) is 0 Å². The zero-order chi connectivity index (χ0) is 14.5. The average Bonchev–Trinajstić information content (AvgIpc) is 2.98. The molecule has 3 fully saturated rings. The van der Waals surface area contributed by atoms with Crippen molar-refractivity contribution in [2.75, 3.05) is 26.2 Å². The third-order valence-electron chi connectivity index (χ3n) is 5.17. The highest BCUT2D eigenvalue weighted by molar-refractivity contribution is 4.90. The predicted molar refractivity (Wildman–Crippen MR) is 85.1 cm³/mol. The van der Waals surface area contributed by atoms with Crippen LogP contribution in [-0.4, -0.2) is 41.7 Å². The summed E-state index contributed by atoms with van der Waals surface area (Å²) in [5.74, 6) is 0.942. The van der Waals surface area contributed by atoms with E-state index in [1.807, 2.05) is 0 Å². The zero-order valence-corrected chi connectivity index (χ0v) is 13.5. The van der Waals surface area contributed by atoms with Gasteiger partial charge in [-0.2, -0.15) is 0 Å². The van der Waals surface area contributed by atoms with Gasteiger partial charge in [0, 0.05) is 12.6 Å². The van der Waals surface area contributed by atoms with Crippen molar-refractivity contribution in [3.05, 3.63) is 18.7 Å². The van der Waals surface area contributed by atoms with E-state index >= 15 is 0 Å². The molecule has 4 heteroatoms. The molecule has 1 aromatic rings. The van der Waals surface area contributed by atoms with Crippen molar-refractivity contribution in [2.24, 2.45) is 5.92 Å². The molecule has 118 valence electrons. The second kappa shape index (κ2) is 7.41. The summed E-state index contributed by atoms with van der Waals surface area (Å²) in [6.07, 6.45) is 13.3. The highest BCUT2D eigenvalue weighted by Crippen LogP contribution is 2.27. The number of nitrogens with one attached hydrogen (secondary N) is 1. The van der Waals surface area contributed by atoms with E-state index in [4.69, 9.17) is 0 Å². The lowest BCUT2D eigenvalue weighted by Gasteiger charge is -2.45. The molecule has 0 spiro atoms. The monoisotopic (exact) mass is 291 g/mol. The Kier molecular flexibility index (Phi) is 5.31. The van der Waals surface area contributed by atoms with Gasteiger partial charge in [-0.25, -0.2) is 9.13 Å². The van der Waals surface area contributed by atoms with E-state index in [1.54, 1.807) is 0 Å². The molecule has 1 aromatic heterocycles. The number of unbranched alkanes of at least 4 members (excludes halogenated alkanes) is 1. The highest BCUT2D eigenvalue weighted by atomic mass is 15.2. The molecule has 4 rings (SSSR count). The fourth-order valence-corrected chi connectivity index (χ4v) is 3.79. The van der Waals surface area contributed by atoms with Crippen LogP contribution < -0.4 is 9.88 Å². The molecule has 3 aliphatic rings. The first-order chi connectivity index (χ1) is 10.3. The highest BCUT2D eigenvalue weighted by Gasteiger charge is 2.33. The Balaban J connectivity index is 1.33. The van der Waals surface area contributed by atoms with E-state index in [9.17, 15) is 0 Å². The molecular formula is C17H31N4+. The minimum Gasteiger partial charge on any atom is -0.312 e. The van der Waals surface area contributed by atoms with Gasteiger partial charge < -0.3 is 10.2 Å². The van der Waals surface area contributed by atoms with Crippen LogP contribution in [0.3, 0.4) is 0 Å². The Hall–Kier alpha value is -0.870. The van der Waals surface area contributed by atoms with Gasteiger partial charge in [0.25, 0.3) is 0 Å². The largest absolute Gasteiger partial charge is 0.312 e. The van der Waals surface area contributed by atoms with Gasteiger partial charge >= 0.3 is 0 Å². The fourth-order valence-electron chi connectivity index (χ4n) is 3.79. The van der Waals surface area contributed by atoms with Gasteiger partial charge in [-0.05, 0) is 51.2 Å². The maximum atomic E-state index is 3.80. The van der Waals surface area contributed by atoms with Crippen LogP contribution in [0.1, 0.15) is 39.0 Å². The van der Waals surface area contributed by atoms with Crippen LogP contribution >= 0.6 is 0 Å². The van der Waals surface area contributed by atoms with E-state index in [0.717, 1.165) is 31.6 Å². The molecule has 4 heterocycles. The van der Waals surface area contributed by atoms with Gasteiger partial charge in [-0.15, -0.1) is 0 Å². The minimum atomic E-state index is 0.756. The SMILES string of the molecule is CCCCn1cc[n+](CCCN[C@@H]2CN3CCC2CC3)c1. The number of fused-ring (bicyclic) bond motifs is 3. The summed E-state index contributed by atoms with van der Waals surface area (Å²) >= 11 is 0. The first kappa shape index (κ1) is 15.0. The lowest BCUT2D eigenvalue weighted by molar-refractivity contribution is -0.696. The quantitative estimate of drug-likeness (QED) is 0.582. The van der Waals surface area contributed by atoms with Crippen LogP contribution in [0, 0.1) is 5.92 Å². The van der Waals surface area contributed by atoms with Crippen LogP contribution in [0.4, 0.5) is 0 Å². The van der Waals surface area contributed by atoms with Crippen LogP contribution in [0.15, 0.2) is 18.7 Å². The zero-order valence-electron chi connectivity index (χ0n) is 13.5. The Morgan fingerprint density at radius 3 is 2.81 bits per heavy atom. The molecule has 0 aliphatic carbocycles. The second-order valence-electron chi connectivity index (χ2n) is 6.80. The van der Waals surface area contributed by atoms with Crippen molar-refractivity contribution >= 4 is 0 Å². The predicted octanol–water partition coefficient (Wildman–Crippen LogP) is 1.65. The summed E-state index contributed by atoms with van der Waals surface area (Å²) in [5.41, 5.74) is 0. The van der Waals surface area contributed by atoms with Gasteiger partial charge in [0.1, 0.15) is 12.4 Å². The third kappa shape index (κ3) is 4.07. The molecule has 4 nitrogen and oxygen atoms in total. The average molecular weight is 291 g/mol. The van der Waals surface area contributed by atoms with Crippen molar-refractivity contribution in [1.29, 1.82) is 0 Å². The maximum Gasteiger partial charge on any atom is 0.243 e. The van der Waals surface area contributed by atoms with E-state index < -0.39 is 0 Å². The van der Waals surface area contributed by atoms with Crippen molar-refractivity contribution < 1.29 is 4.57 Å². The molecule has 2 bridgehead atoms. The van der Waals surface area contributed by atoms with E-state index in [-0.39, 0.29) is 0 Å². The van der Waals surface area contributed by atoms with Gasteiger partial charge in [0.05, 0.1) is 13.1 Å². The van der Waals surface area contributed by atoms with Crippen molar-refractivity contribution in [1.82, 2.24) is 14.8 Å². The number of piperidine rings is 3. The minimum absolute atomic E-state index is 0.756. The molecule has 1 atom stereocenters. The summed E-state index contributed by atoms with van der Waals surface area (Å²) in [6, 6.07) is 0.756. The molecule has 0 aromatic carbocycles. The smallest absolute Gasteiger partial charge is 0.243 e. The normalized spacial score (nSPS) is 28.1. The number of rotatable bonds is 8. The Morgan fingerprint density at radius 1 is 1.24 bits per heavy atom. The van der Waals surface area contributed by atoms with Crippen molar-refractivity contribution in [3.63, 3.8) is 0 Å². The summed E-state index contributed by atoms with van der Waals surface area (Å²) in [7, 11) is 0. The standard InChI is InChI=1S/C17H31N4/c1-2-3-8-20-12-13-21(15-20)9-4-7-18-17-14-19-10-5-16(17)6-11-19/h12-13,15-18H,2-11,14H2,1H3/q+1/t17-/m1/s1. The van der Waals surface area contributed by atoms with Gasteiger partial charge in [-0.3, -0.25) is 0 Å².